The largest absolute Gasteiger partial charge is 0.334 e. The number of rotatable bonds is 6. The number of nitrogens with one attached hydrogen (secondary N) is 3. The summed E-state index contributed by atoms with van der Waals surface area (Å²) in [5.74, 6) is -1.79. The number of benzene rings is 2. The zero-order valence-electron chi connectivity index (χ0n) is 22.0. The van der Waals surface area contributed by atoms with E-state index in [9.17, 15) is 18.4 Å². The molecule has 1 unspecified atom stereocenters. The lowest BCUT2D eigenvalue weighted by Crippen LogP contribution is -2.42. The third-order valence-electron chi connectivity index (χ3n) is 6.84. The lowest BCUT2D eigenvalue weighted by Gasteiger charge is -2.28. The minimum Gasteiger partial charge on any atom is -0.334 e. The molecule has 7 nitrogen and oxygen atoms in total. The number of pyridine rings is 1. The number of hydrogen-bond donors (Lipinski definition) is 3. The van der Waals surface area contributed by atoms with Gasteiger partial charge in [-0.25, -0.2) is 24.0 Å². The third-order valence-corrected chi connectivity index (χ3v) is 6.84. The van der Waals surface area contributed by atoms with Gasteiger partial charge in [0.2, 0.25) is 0 Å². The number of nitrogens with zero attached hydrogens (tertiary/aromatic N) is 2. The summed E-state index contributed by atoms with van der Waals surface area (Å²) in [6.07, 6.45) is 13.6. The Hall–Kier alpha value is -4.63. The molecular weight excluding hydrogens is 512 g/mol. The lowest BCUT2D eigenvalue weighted by atomic mass is 9.91. The molecule has 204 valence electrons. The van der Waals surface area contributed by atoms with Gasteiger partial charge in [0.05, 0.1) is 5.70 Å². The van der Waals surface area contributed by atoms with Gasteiger partial charge >= 0.3 is 6.03 Å². The molecule has 0 bridgehead atoms. The molecule has 9 heteroatoms. The van der Waals surface area contributed by atoms with Crippen molar-refractivity contribution in [1.82, 2.24) is 20.7 Å². The number of hydrazine groups is 1. The summed E-state index contributed by atoms with van der Waals surface area (Å²) in [6.45, 7) is 2.57. The fourth-order valence-corrected chi connectivity index (χ4v) is 4.74. The van der Waals surface area contributed by atoms with Gasteiger partial charge in [-0.05, 0) is 72.4 Å². The van der Waals surface area contributed by atoms with Crippen LogP contribution in [0.15, 0.2) is 96.5 Å². The van der Waals surface area contributed by atoms with Crippen molar-refractivity contribution in [3.8, 4) is 0 Å². The van der Waals surface area contributed by atoms with Crippen LogP contribution in [0.4, 0.5) is 19.3 Å². The van der Waals surface area contributed by atoms with Crippen molar-refractivity contribution in [2.45, 2.75) is 26.3 Å². The van der Waals surface area contributed by atoms with E-state index in [2.05, 4.69) is 45.3 Å². The first-order valence-corrected chi connectivity index (χ1v) is 13.0. The molecule has 2 heterocycles. The summed E-state index contributed by atoms with van der Waals surface area (Å²) >= 11 is 0. The molecule has 1 aromatic heterocycles. The summed E-state index contributed by atoms with van der Waals surface area (Å²) in [5.41, 5.74) is 7.74. The Labute approximate surface area is 231 Å². The molecule has 40 heavy (non-hydrogen) atoms. The molecule has 0 radical (unpaired) electrons. The summed E-state index contributed by atoms with van der Waals surface area (Å²) < 4.78 is 27.6. The molecule has 2 aromatic carbocycles. The number of aryl methyl sites for hydroxylation is 1. The highest BCUT2D eigenvalue weighted by molar-refractivity contribution is 5.96. The van der Waals surface area contributed by atoms with E-state index in [4.69, 9.17) is 0 Å². The Morgan fingerprint density at radius 1 is 1.12 bits per heavy atom. The van der Waals surface area contributed by atoms with Gasteiger partial charge in [-0.1, -0.05) is 42.5 Å². The Bertz CT molecular complexity index is 1500. The highest BCUT2D eigenvalue weighted by Gasteiger charge is 2.26. The van der Waals surface area contributed by atoms with E-state index in [1.54, 1.807) is 29.4 Å². The Morgan fingerprint density at radius 2 is 1.95 bits per heavy atom. The first-order valence-electron chi connectivity index (χ1n) is 13.0. The highest BCUT2D eigenvalue weighted by atomic mass is 19.1. The summed E-state index contributed by atoms with van der Waals surface area (Å²) in [4.78, 5) is 30.1. The Morgan fingerprint density at radius 3 is 2.70 bits per heavy atom. The number of anilines is 1. The van der Waals surface area contributed by atoms with Crippen molar-refractivity contribution in [3.05, 3.63) is 130 Å². The molecular formula is C31H29F2N5O2. The molecule has 0 saturated heterocycles. The molecule has 2 aliphatic rings. The minimum absolute atomic E-state index is 0.114. The predicted octanol–water partition coefficient (Wildman–Crippen LogP) is 5.58. The van der Waals surface area contributed by atoms with Crippen LogP contribution < -0.4 is 16.1 Å². The molecule has 1 aliphatic heterocycles. The maximum absolute atomic E-state index is 13.8. The average molecular weight is 542 g/mol. The van der Waals surface area contributed by atoms with Crippen LogP contribution in [0, 0.1) is 24.5 Å². The molecule has 3 aromatic rings. The van der Waals surface area contributed by atoms with Crippen molar-refractivity contribution in [1.29, 1.82) is 0 Å². The number of allylic oxidation sites excluding steroid dienone is 3. The van der Waals surface area contributed by atoms with Crippen molar-refractivity contribution in [2.24, 2.45) is 5.92 Å². The average Bonchev–Trinajstić information content (AvgIpc) is 3.17. The van der Waals surface area contributed by atoms with Crippen LogP contribution in [-0.4, -0.2) is 28.5 Å². The molecule has 1 aliphatic carbocycles. The van der Waals surface area contributed by atoms with E-state index >= 15 is 0 Å². The lowest BCUT2D eigenvalue weighted by molar-refractivity contribution is 0.0740. The molecule has 3 amide bonds. The van der Waals surface area contributed by atoms with Crippen molar-refractivity contribution in [3.63, 3.8) is 0 Å². The van der Waals surface area contributed by atoms with Crippen LogP contribution in [0.5, 0.6) is 0 Å². The fourth-order valence-electron chi connectivity index (χ4n) is 4.74. The van der Waals surface area contributed by atoms with E-state index < -0.39 is 23.4 Å². The van der Waals surface area contributed by atoms with E-state index in [0.717, 1.165) is 52.9 Å². The highest BCUT2D eigenvalue weighted by Crippen LogP contribution is 2.29. The van der Waals surface area contributed by atoms with Gasteiger partial charge in [0.1, 0.15) is 17.3 Å². The maximum atomic E-state index is 13.8. The molecule has 0 spiro atoms. The van der Waals surface area contributed by atoms with Gasteiger partial charge in [-0.2, -0.15) is 0 Å². The Balaban J connectivity index is 1.28. The minimum atomic E-state index is -0.860. The number of carbonyl (C=O) groups excluding carboxylic acids is 2. The van der Waals surface area contributed by atoms with E-state index in [1.165, 1.54) is 6.07 Å². The quantitative estimate of drug-likeness (QED) is 0.380. The second-order valence-corrected chi connectivity index (χ2v) is 9.68. The monoisotopic (exact) mass is 541 g/mol. The van der Waals surface area contributed by atoms with Crippen LogP contribution >= 0.6 is 0 Å². The SMILES string of the molecule is Cc1cc(C(=O)N2NCCC=C3C=CC(Cc4cccnc4)C=C32)ccc1CNC(=O)Nc1c(F)cccc1F. The standard InChI is InChI=1S/C31H29F2N5O2/c1-20-15-24(11-12-25(20)19-35-31(40)37-29-26(32)7-2-8-27(29)33)30(39)38-28-17-21(16-22-5-3-13-34-18-22)9-10-23(28)6-4-14-36-38/h2-3,5-13,15,17-18,21,36H,4,14,16,19H2,1H3,(H2,35,37,40). The van der Waals surface area contributed by atoms with Gasteiger partial charge in [0.15, 0.2) is 0 Å². The van der Waals surface area contributed by atoms with Gasteiger partial charge in [0, 0.05) is 37.0 Å². The van der Waals surface area contributed by atoms with E-state index in [0.29, 0.717) is 12.1 Å². The van der Waals surface area contributed by atoms with Crippen molar-refractivity contribution >= 4 is 17.6 Å². The molecule has 1 atom stereocenters. The van der Waals surface area contributed by atoms with Crippen molar-refractivity contribution in [2.75, 3.05) is 11.9 Å². The van der Waals surface area contributed by atoms with Gasteiger partial charge < -0.3 is 10.6 Å². The topological polar surface area (TPSA) is 86.4 Å². The third kappa shape index (κ3) is 6.16. The first kappa shape index (κ1) is 27.0. The number of aromatic nitrogens is 1. The maximum Gasteiger partial charge on any atom is 0.319 e. The molecule has 5 rings (SSSR count). The second kappa shape index (κ2) is 12.0. The number of amides is 3. The van der Waals surface area contributed by atoms with Crippen LogP contribution in [0.25, 0.3) is 0 Å². The fraction of sp³-hybridized carbons (Fsp3) is 0.194. The van der Waals surface area contributed by atoms with Crippen LogP contribution in [0.3, 0.4) is 0 Å². The van der Waals surface area contributed by atoms with Gasteiger partial charge in [0.25, 0.3) is 5.91 Å². The van der Waals surface area contributed by atoms with Gasteiger partial charge in [-0.3, -0.25) is 9.78 Å². The van der Waals surface area contributed by atoms with Gasteiger partial charge in [-0.15, -0.1) is 0 Å². The number of halogens is 2. The Kier molecular flexibility index (Phi) is 8.12. The predicted molar refractivity (Wildman–Crippen MR) is 149 cm³/mol. The van der Waals surface area contributed by atoms with E-state index in [1.807, 2.05) is 25.3 Å². The van der Waals surface area contributed by atoms with Crippen LogP contribution in [0.2, 0.25) is 0 Å². The number of para-hydroxylation sites is 1. The molecule has 0 fully saturated rings. The zero-order chi connectivity index (χ0) is 28.1. The molecule has 3 N–H and O–H groups in total. The first-order chi connectivity index (χ1) is 19.4. The summed E-state index contributed by atoms with van der Waals surface area (Å²) in [6, 6.07) is 11.8. The number of urea groups is 1. The van der Waals surface area contributed by atoms with Crippen LogP contribution in [0.1, 0.15) is 33.5 Å². The second-order valence-electron chi connectivity index (χ2n) is 9.68. The summed E-state index contributed by atoms with van der Waals surface area (Å²) in [5, 5.41) is 6.42. The molecule has 0 saturated carbocycles. The van der Waals surface area contributed by atoms with Crippen LogP contribution in [-0.2, 0) is 13.0 Å². The smallest absolute Gasteiger partial charge is 0.319 e. The summed E-state index contributed by atoms with van der Waals surface area (Å²) in [7, 11) is 0. The number of carbonyl (C=O) groups is 2. The normalized spacial score (nSPS) is 16.4. The number of hydrogen-bond acceptors (Lipinski definition) is 4. The number of fused-ring (bicyclic) bond motifs is 1. The van der Waals surface area contributed by atoms with Crippen molar-refractivity contribution < 1.29 is 18.4 Å². The zero-order valence-corrected chi connectivity index (χ0v) is 22.0. The van der Waals surface area contributed by atoms with E-state index in [-0.39, 0.29) is 18.4 Å².